The first-order valence-electron chi connectivity index (χ1n) is 7.63. The summed E-state index contributed by atoms with van der Waals surface area (Å²) in [5.74, 6) is 1.30. The van der Waals surface area contributed by atoms with Crippen molar-refractivity contribution >= 4 is 23.7 Å². The Morgan fingerprint density at radius 3 is 2.96 bits per heavy atom. The van der Waals surface area contributed by atoms with Crippen molar-refractivity contribution in [1.82, 2.24) is 20.4 Å². The fraction of sp³-hybridized carbons (Fsp3) is 0.333. The van der Waals surface area contributed by atoms with Crippen LogP contribution in [0.3, 0.4) is 0 Å². The number of benzene rings is 1. The van der Waals surface area contributed by atoms with E-state index in [0.717, 1.165) is 11.8 Å². The number of carbonyl (C=O) groups is 2. The number of para-hydroxylation sites is 2. The van der Waals surface area contributed by atoms with Crippen LogP contribution in [0.4, 0.5) is 4.79 Å². The predicted molar refractivity (Wildman–Crippen MR) is 85.4 cm³/mol. The van der Waals surface area contributed by atoms with Gasteiger partial charge in [-0.05, 0) is 12.1 Å². The van der Waals surface area contributed by atoms with Crippen LogP contribution in [0.5, 0.6) is 11.5 Å². The second-order valence-corrected chi connectivity index (χ2v) is 6.26. The molecule has 1 atom stereocenters. The van der Waals surface area contributed by atoms with Gasteiger partial charge in [0.15, 0.2) is 11.5 Å². The van der Waals surface area contributed by atoms with Gasteiger partial charge in [-0.3, -0.25) is 9.69 Å². The molecule has 3 amide bonds. The Morgan fingerprint density at radius 2 is 2.16 bits per heavy atom. The maximum Gasteiger partial charge on any atom is 0.324 e. The summed E-state index contributed by atoms with van der Waals surface area (Å²) in [5, 5.41) is 10.7. The quantitative estimate of drug-likeness (QED) is 0.809. The van der Waals surface area contributed by atoms with Crippen LogP contribution in [0.25, 0.3) is 0 Å². The Bertz CT molecular complexity index is 811. The van der Waals surface area contributed by atoms with Crippen molar-refractivity contribution in [2.75, 3.05) is 25.4 Å². The van der Waals surface area contributed by atoms with Crippen molar-refractivity contribution in [3.05, 3.63) is 30.2 Å². The first-order valence-corrected chi connectivity index (χ1v) is 8.62. The van der Waals surface area contributed by atoms with E-state index in [4.69, 9.17) is 13.9 Å². The molecule has 3 heterocycles. The highest BCUT2D eigenvalue weighted by atomic mass is 32.2. The number of nitrogens with zero attached hydrogens (tertiary/aromatic N) is 3. The molecule has 25 heavy (non-hydrogen) atoms. The van der Waals surface area contributed by atoms with E-state index in [1.165, 1.54) is 4.90 Å². The number of hydrogen-bond donors (Lipinski definition) is 1. The average molecular weight is 362 g/mol. The summed E-state index contributed by atoms with van der Waals surface area (Å²) in [4.78, 5) is 24.6. The van der Waals surface area contributed by atoms with Crippen LogP contribution in [0, 0.1) is 0 Å². The van der Waals surface area contributed by atoms with Crippen molar-refractivity contribution in [3.63, 3.8) is 0 Å². The molecule has 1 fully saturated rings. The molecule has 0 aliphatic carbocycles. The number of urea groups is 1. The van der Waals surface area contributed by atoms with Crippen LogP contribution >= 0.6 is 11.8 Å². The summed E-state index contributed by atoms with van der Waals surface area (Å²) in [6.45, 7) is 1.11. The Morgan fingerprint density at radius 1 is 1.32 bits per heavy atom. The summed E-state index contributed by atoms with van der Waals surface area (Å²) in [6, 6.07) is 6.96. The van der Waals surface area contributed by atoms with Crippen LogP contribution in [-0.2, 0) is 4.79 Å². The SMILES string of the molecule is O=C(CSc1nnc([C@@H]2COc3ccccc3O2)o1)N1CCNC1=O. The van der Waals surface area contributed by atoms with Gasteiger partial charge in [0.2, 0.25) is 12.0 Å². The van der Waals surface area contributed by atoms with Gasteiger partial charge in [-0.15, -0.1) is 10.2 Å². The fourth-order valence-corrected chi connectivity index (χ4v) is 3.11. The Hall–Kier alpha value is -2.75. The zero-order valence-corrected chi connectivity index (χ0v) is 13.8. The molecule has 130 valence electrons. The molecule has 0 saturated carbocycles. The largest absolute Gasteiger partial charge is 0.485 e. The van der Waals surface area contributed by atoms with E-state index in [0.29, 0.717) is 24.6 Å². The van der Waals surface area contributed by atoms with Crippen molar-refractivity contribution in [3.8, 4) is 11.5 Å². The number of aromatic nitrogens is 2. The maximum atomic E-state index is 12.0. The lowest BCUT2D eigenvalue weighted by molar-refractivity contribution is -0.124. The minimum Gasteiger partial charge on any atom is -0.485 e. The van der Waals surface area contributed by atoms with Gasteiger partial charge in [0.1, 0.15) is 6.61 Å². The molecule has 0 radical (unpaired) electrons. The Labute approximate surface area is 146 Å². The van der Waals surface area contributed by atoms with E-state index in [-0.39, 0.29) is 35.4 Å². The number of thioether (sulfide) groups is 1. The third kappa shape index (κ3) is 3.25. The van der Waals surface area contributed by atoms with Crippen LogP contribution in [0.1, 0.15) is 12.0 Å². The summed E-state index contributed by atoms with van der Waals surface area (Å²) in [7, 11) is 0. The molecular weight excluding hydrogens is 348 g/mol. The van der Waals surface area contributed by atoms with Gasteiger partial charge in [-0.1, -0.05) is 23.9 Å². The molecule has 0 bridgehead atoms. The standard InChI is InChI=1S/C15H14N4O5S/c20-12(19-6-5-16-14(19)21)8-25-15-18-17-13(24-15)11-7-22-9-3-1-2-4-10(9)23-11/h1-4,11H,5-8H2,(H,16,21)/t11-/m0/s1. The number of fused-ring (bicyclic) bond motifs is 1. The average Bonchev–Trinajstić information content (AvgIpc) is 3.28. The normalized spacial score (nSPS) is 19.0. The third-order valence-corrected chi connectivity index (χ3v) is 4.49. The van der Waals surface area contributed by atoms with E-state index in [1.54, 1.807) is 6.07 Å². The molecule has 4 rings (SSSR count). The van der Waals surface area contributed by atoms with Gasteiger partial charge < -0.3 is 19.2 Å². The van der Waals surface area contributed by atoms with Gasteiger partial charge in [-0.2, -0.15) is 0 Å². The molecule has 1 saturated heterocycles. The first kappa shape index (κ1) is 15.8. The molecule has 2 aliphatic heterocycles. The second-order valence-electron chi connectivity index (χ2n) is 5.34. The van der Waals surface area contributed by atoms with Gasteiger partial charge in [-0.25, -0.2) is 4.79 Å². The molecular formula is C15H14N4O5S. The number of rotatable bonds is 4. The number of amides is 3. The fourth-order valence-electron chi connectivity index (χ4n) is 2.46. The first-order chi connectivity index (χ1) is 12.2. The molecule has 9 nitrogen and oxygen atoms in total. The van der Waals surface area contributed by atoms with Gasteiger partial charge in [0.05, 0.1) is 5.75 Å². The summed E-state index contributed by atoms with van der Waals surface area (Å²) in [5.41, 5.74) is 0. The smallest absolute Gasteiger partial charge is 0.324 e. The number of imide groups is 1. The monoisotopic (exact) mass is 362 g/mol. The van der Waals surface area contributed by atoms with Crippen molar-refractivity contribution in [2.24, 2.45) is 0 Å². The molecule has 1 aromatic heterocycles. The van der Waals surface area contributed by atoms with Crippen molar-refractivity contribution in [2.45, 2.75) is 11.3 Å². The van der Waals surface area contributed by atoms with Gasteiger partial charge in [0.25, 0.3) is 11.1 Å². The number of carbonyl (C=O) groups excluding carboxylic acids is 2. The zero-order valence-electron chi connectivity index (χ0n) is 13.0. The lowest BCUT2D eigenvalue weighted by Gasteiger charge is -2.23. The predicted octanol–water partition coefficient (Wildman–Crippen LogP) is 1.23. The van der Waals surface area contributed by atoms with E-state index in [9.17, 15) is 9.59 Å². The molecule has 1 N–H and O–H groups in total. The molecule has 1 aromatic carbocycles. The molecule has 10 heteroatoms. The molecule has 0 unspecified atom stereocenters. The van der Waals surface area contributed by atoms with E-state index >= 15 is 0 Å². The number of hydrogen-bond acceptors (Lipinski definition) is 8. The van der Waals surface area contributed by atoms with Crippen molar-refractivity contribution < 1.29 is 23.5 Å². The summed E-state index contributed by atoms with van der Waals surface area (Å²) >= 11 is 1.08. The lowest BCUT2D eigenvalue weighted by Crippen LogP contribution is -2.35. The summed E-state index contributed by atoms with van der Waals surface area (Å²) < 4.78 is 16.9. The lowest BCUT2D eigenvalue weighted by atomic mass is 10.2. The Balaban J connectivity index is 1.36. The van der Waals surface area contributed by atoms with Crippen LogP contribution in [0.2, 0.25) is 0 Å². The highest BCUT2D eigenvalue weighted by Gasteiger charge is 2.29. The number of ether oxygens (including phenoxy) is 2. The van der Waals surface area contributed by atoms with E-state index in [1.807, 2.05) is 18.2 Å². The Kier molecular flexibility index (Phi) is 4.18. The molecule has 2 aromatic rings. The molecule has 2 aliphatic rings. The minimum atomic E-state index is -0.503. The van der Waals surface area contributed by atoms with Crippen LogP contribution < -0.4 is 14.8 Å². The third-order valence-electron chi connectivity index (χ3n) is 3.68. The van der Waals surface area contributed by atoms with E-state index in [2.05, 4.69) is 15.5 Å². The minimum absolute atomic E-state index is 0.0416. The highest BCUT2D eigenvalue weighted by molar-refractivity contribution is 7.99. The van der Waals surface area contributed by atoms with Gasteiger partial charge >= 0.3 is 6.03 Å². The van der Waals surface area contributed by atoms with Crippen LogP contribution in [-0.4, -0.2) is 52.5 Å². The summed E-state index contributed by atoms with van der Waals surface area (Å²) in [6.07, 6.45) is -0.503. The zero-order chi connectivity index (χ0) is 17.2. The van der Waals surface area contributed by atoms with Gasteiger partial charge in [0, 0.05) is 13.1 Å². The van der Waals surface area contributed by atoms with Crippen LogP contribution in [0.15, 0.2) is 33.9 Å². The number of nitrogens with one attached hydrogen (secondary N) is 1. The topological polar surface area (TPSA) is 107 Å². The second kappa shape index (κ2) is 6.63. The van der Waals surface area contributed by atoms with E-state index < -0.39 is 6.10 Å². The molecule has 0 spiro atoms. The van der Waals surface area contributed by atoms with Crippen molar-refractivity contribution in [1.29, 1.82) is 0 Å². The highest BCUT2D eigenvalue weighted by Crippen LogP contribution is 2.35. The maximum absolute atomic E-state index is 12.0.